The highest BCUT2D eigenvalue weighted by Gasteiger charge is 2.25. The van der Waals surface area contributed by atoms with Crippen molar-refractivity contribution in [3.63, 3.8) is 0 Å². The second-order valence-corrected chi connectivity index (χ2v) is 8.00. The zero-order valence-electron chi connectivity index (χ0n) is 16.3. The average Bonchev–Trinajstić information content (AvgIpc) is 3.14. The average molecular weight is 428 g/mol. The SMILES string of the molecule is Cc1nnc(Nc2cccc([C@@H]3CN(CC(=O)Nc4ccccc4F)CCO3)n2)s1. The summed E-state index contributed by atoms with van der Waals surface area (Å²) in [5.74, 6) is -0.0673. The quantitative estimate of drug-likeness (QED) is 0.623. The Balaban J connectivity index is 1.37. The third-order valence-electron chi connectivity index (χ3n) is 4.53. The van der Waals surface area contributed by atoms with E-state index in [0.29, 0.717) is 30.6 Å². The van der Waals surface area contributed by atoms with Crippen molar-refractivity contribution in [1.29, 1.82) is 0 Å². The third kappa shape index (κ3) is 5.15. The normalized spacial score (nSPS) is 16.9. The van der Waals surface area contributed by atoms with Crippen LogP contribution in [0.2, 0.25) is 0 Å². The first-order chi connectivity index (χ1) is 14.6. The van der Waals surface area contributed by atoms with E-state index in [1.54, 1.807) is 12.1 Å². The molecule has 156 valence electrons. The lowest BCUT2D eigenvalue weighted by Crippen LogP contribution is -2.42. The van der Waals surface area contributed by atoms with Crippen LogP contribution in [-0.2, 0) is 9.53 Å². The van der Waals surface area contributed by atoms with Gasteiger partial charge in [-0.05, 0) is 31.2 Å². The van der Waals surface area contributed by atoms with Crippen LogP contribution >= 0.6 is 11.3 Å². The fraction of sp³-hybridized carbons (Fsp3) is 0.300. The summed E-state index contributed by atoms with van der Waals surface area (Å²) in [7, 11) is 0. The molecule has 0 saturated carbocycles. The molecule has 1 saturated heterocycles. The summed E-state index contributed by atoms with van der Waals surface area (Å²) in [6, 6.07) is 11.8. The van der Waals surface area contributed by atoms with Crippen LogP contribution in [0.5, 0.6) is 0 Å². The number of aromatic nitrogens is 3. The molecule has 8 nitrogen and oxygen atoms in total. The number of morpholine rings is 1. The summed E-state index contributed by atoms with van der Waals surface area (Å²) in [5, 5.41) is 15.3. The smallest absolute Gasteiger partial charge is 0.238 e. The van der Waals surface area contributed by atoms with E-state index in [2.05, 4.69) is 25.8 Å². The van der Waals surface area contributed by atoms with E-state index in [0.717, 1.165) is 10.7 Å². The van der Waals surface area contributed by atoms with E-state index in [1.807, 2.05) is 30.0 Å². The number of nitrogens with one attached hydrogen (secondary N) is 2. The van der Waals surface area contributed by atoms with Crippen molar-refractivity contribution in [2.75, 3.05) is 36.9 Å². The predicted octanol–water partition coefficient (Wildman–Crippen LogP) is 3.14. The molecule has 1 atom stereocenters. The van der Waals surface area contributed by atoms with Crippen LogP contribution in [0.3, 0.4) is 0 Å². The van der Waals surface area contributed by atoms with Crippen molar-refractivity contribution < 1.29 is 13.9 Å². The van der Waals surface area contributed by atoms with Gasteiger partial charge in [-0.25, -0.2) is 9.37 Å². The molecule has 1 aliphatic rings. The van der Waals surface area contributed by atoms with Crippen LogP contribution in [0, 0.1) is 12.7 Å². The maximum Gasteiger partial charge on any atom is 0.238 e. The number of ether oxygens (including phenoxy) is 1. The molecule has 10 heteroatoms. The van der Waals surface area contributed by atoms with E-state index in [-0.39, 0.29) is 24.2 Å². The van der Waals surface area contributed by atoms with Gasteiger partial charge in [-0.15, -0.1) is 10.2 Å². The standard InChI is InChI=1S/C20H21FN6O2S/c1-13-25-26-20(30-13)24-18-8-4-7-16(22-18)17-11-27(9-10-29-17)12-19(28)23-15-6-3-2-5-14(15)21/h2-8,17H,9-12H2,1H3,(H,23,28)(H,22,24,26)/t17-/m0/s1. The molecule has 2 aromatic heterocycles. The number of hydrogen-bond acceptors (Lipinski definition) is 8. The number of nitrogens with zero attached hydrogens (tertiary/aromatic N) is 4. The number of halogens is 1. The van der Waals surface area contributed by atoms with Crippen LogP contribution in [0.25, 0.3) is 0 Å². The molecular formula is C20H21FN6O2S. The number of amides is 1. The van der Waals surface area contributed by atoms with Crippen molar-refractivity contribution >= 4 is 33.9 Å². The second kappa shape index (κ2) is 9.24. The number of carbonyl (C=O) groups excluding carboxylic acids is 1. The highest BCUT2D eigenvalue weighted by atomic mass is 32.1. The molecule has 0 spiro atoms. The van der Waals surface area contributed by atoms with Gasteiger partial charge in [0.2, 0.25) is 11.0 Å². The molecule has 1 amide bonds. The van der Waals surface area contributed by atoms with Crippen molar-refractivity contribution in [3.05, 3.63) is 59.0 Å². The maximum absolute atomic E-state index is 13.7. The lowest BCUT2D eigenvalue weighted by molar-refractivity contribution is -0.119. The molecule has 0 radical (unpaired) electrons. The first-order valence-electron chi connectivity index (χ1n) is 9.49. The number of aryl methyl sites for hydroxylation is 1. The molecule has 30 heavy (non-hydrogen) atoms. The summed E-state index contributed by atoms with van der Waals surface area (Å²) in [6.45, 7) is 3.64. The molecule has 0 aliphatic carbocycles. The van der Waals surface area contributed by atoms with Gasteiger partial charge in [0.25, 0.3) is 0 Å². The molecule has 1 aliphatic heterocycles. The van der Waals surface area contributed by atoms with Crippen LogP contribution < -0.4 is 10.6 Å². The minimum absolute atomic E-state index is 0.149. The maximum atomic E-state index is 13.7. The summed E-state index contributed by atoms with van der Waals surface area (Å²) >= 11 is 1.45. The van der Waals surface area contributed by atoms with Gasteiger partial charge >= 0.3 is 0 Å². The first-order valence-corrected chi connectivity index (χ1v) is 10.3. The molecule has 3 heterocycles. The highest BCUT2D eigenvalue weighted by molar-refractivity contribution is 7.15. The summed E-state index contributed by atoms with van der Waals surface area (Å²) < 4.78 is 19.6. The van der Waals surface area contributed by atoms with Gasteiger partial charge in [0.05, 0.1) is 24.5 Å². The molecule has 0 unspecified atom stereocenters. The van der Waals surface area contributed by atoms with Crippen molar-refractivity contribution in [3.8, 4) is 0 Å². The van der Waals surface area contributed by atoms with Gasteiger partial charge in [-0.3, -0.25) is 9.69 Å². The largest absolute Gasteiger partial charge is 0.369 e. The minimum Gasteiger partial charge on any atom is -0.369 e. The Morgan fingerprint density at radius 2 is 2.13 bits per heavy atom. The van der Waals surface area contributed by atoms with E-state index >= 15 is 0 Å². The van der Waals surface area contributed by atoms with Crippen molar-refractivity contribution in [2.45, 2.75) is 13.0 Å². The monoisotopic (exact) mass is 428 g/mol. The molecule has 1 fully saturated rings. The second-order valence-electron chi connectivity index (χ2n) is 6.82. The van der Waals surface area contributed by atoms with Gasteiger partial charge in [-0.2, -0.15) is 0 Å². The van der Waals surface area contributed by atoms with E-state index in [1.165, 1.54) is 23.5 Å². The molecular weight excluding hydrogens is 407 g/mol. The van der Waals surface area contributed by atoms with E-state index < -0.39 is 5.82 Å². The van der Waals surface area contributed by atoms with Crippen molar-refractivity contribution in [2.24, 2.45) is 0 Å². The number of anilines is 3. The predicted molar refractivity (Wildman–Crippen MR) is 112 cm³/mol. The van der Waals surface area contributed by atoms with Gasteiger partial charge in [0.15, 0.2) is 0 Å². The van der Waals surface area contributed by atoms with Gasteiger partial charge in [0.1, 0.15) is 22.7 Å². The Morgan fingerprint density at radius 1 is 1.27 bits per heavy atom. The first kappa shape index (κ1) is 20.3. The van der Waals surface area contributed by atoms with Gasteiger partial charge in [-0.1, -0.05) is 29.5 Å². The number of carbonyl (C=O) groups is 1. The minimum atomic E-state index is -0.454. The molecule has 1 aromatic carbocycles. The molecule has 4 rings (SSSR count). The Bertz CT molecular complexity index is 1030. The molecule has 3 aromatic rings. The summed E-state index contributed by atoms with van der Waals surface area (Å²) in [6.07, 6.45) is -0.266. The van der Waals surface area contributed by atoms with E-state index in [9.17, 15) is 9.18 Å². The van der Waals surface area contributed by atoms with E-state index in [4.69, 9.17) is 4.74 Å². The Hall–Kier alpha value is -2.95. The number of hydrogen-bond donors (Lipinski definition) is 2. The van der Waals surface area contributed by atoms with Crippen LogP contribution in [0.4, 0.5) is 21.0 Å². The molecule has 0 bridgehead atoms. The topological polar surface area (TPSA) is 92.3 Å². The number of benzene rings is 1. The van der Waals surface area contributed by atoms with Crippen molar-refractivity contribution in [1.82, 2.24) is 20.1 Å². The lowest BCUT2D eigenvalue weighted by atomic mass is 10.2. The zero-order chi connectivity index (χ0) is 20.9. The third-order valence-corrected chi connectivity index (χ3v) is 5.28. The van der Waals surface area contributed by atoms with Gasteiger partial charge < -0.3 is 15.4 Å². The highest BCUT2D eigenvalue weighted by Crippen LogP contribution is 2.24. The van der Waals surface area contributed by atoms with Crippen LogP contribution in [-0.4, -0.2) is 52.2 Å². The summed E-state index contributed by atoms with van der Waals surface area (Å²) in [4.78, 5) is 18.9. The number of para-hydroxylation sites is 1. The molecule has 2 N–H and O–H groups in total. The Morgan fingerprint density at radius 3 is 2.93 bits per heavy atom. The Labute approximate surface area is 177 Å². The zero-order valence-corrected chi connectivity index (χ0v) is 17.2. The number of rotatable bonds is 6. The van der Waals surface area contributed by atoms with Crippen LogP contribution in [0.1, 0.15) is 16.8 Å². The number of pyridine rings is 1. The van der Waals surface area contributed by atoms with Gasteiger partial charge in [0, 0.05) is 13.1 Å². The Kier molecular flexibility index (Phi) is 6.26. The summed E-state index contributed by atoms with van der Waals surface area (Å²) in [5.41, 5.74) is 0.945. The fourth-order valence-corrected chi connectivity index (χ4v) is 3.74. The lowest BCUT2D eigenvalue weighted by Gasteiger charge is -2.32. The fourth-order valence-electron chi connectivity index (χ4n) is 3.14. The van der Waals surface area contributed by atoms with Crippen LogP contribution in [0.15, 0.2) is 42.5 Å².